The first kappa shape index (κ1) is 12.7. The molecule has 0 saturated heterocycles. The molecule has 7 heteroatoms. The molecule has 0 spiro atoms. The Morgan fingerprint density at radius 1 is 1.22 bits per heavy atom. The molecule has 0 aliphatic rings. The summed E-state index contributed by atoms with van der Waals surface area (Å²) in [5.74, 6) is -0.234. The SMILES string of the molecule is Cc1cc(C(=O)Nc2nccc(Cl)n2)cc(Cl)n1. The smallest absolute Gasteiger partial charge is 0.258 e. The molecule has 0 aliphatic carbocycles. The predicted molar refractivity (Wildman–Crippen MR) is 69.0 cm³/mol. The van der Waals surface area contributed by atoms with Crippen molar-refractivity contribution in [3.8, 4) is 0 Å². The van der Waals surface area contributed by atoms with E-state index < -0.39 is 0 Å². The highest BCUT2D eigenvalue weighted by Crippen LogP contribution is 2.12. The third-order valence-corrected chi connectivity index (χ3v) is 2.44. The summed E-state index contributed by atoms with van der Waals surface area (Å²) in [6, 6.07) is 4.60. The van der Waals surface area contributed by atoms with Gasteiger partial charge in [0.1, 0.15) is 10.3 Å². The number of pyridine rings is 1. The first-order chi connectivity index (χ1) is 8.54. The number of halogens is 2. The Morgan fingerprint density at radius 2 is 2.00 bits per heavy atom. The Bertz CT molecular complexity index is 583. The Labute approximate surface area is 113 Å². The van der Waals surface area contributed by atoms with Crippen LogP contribution in [-0.4, -0.2) is 20.9 Å². The second kappa shape index (κ2) is 5.29. The summed E-state index contributed by atoms with van der Waals surface area (Å²) in [5, 5.41) is 3.03. The second-order valence-corrected chi connectivity index (χ2v) is 4.25. The van der Waals surface area contributed by atoms with Crippen LogP contribution < -0.4 is 5.32 Å². The molecular formula is C11H8Cl2N4O. The molecule has 0 atom stereocenters. The van der Waals surface area contributed by atoms with Crippen LogP contribution in [0.4, 0.5) is 5.95 Å². The standard InChI is InChI=1S/C11H8Cl2N4O/c1-6-4-7(5-9(13)15-6)10(18)17-11-14-3-2-8(12)16-11/h2-5H,1H3,(H,14,16,17,18). The van der Waals surface area contributed by atoms with Crippen LogP contribution in [-0.2, 0) is 0 Å². The largest absolute Gasteiger partial charge is 0.290 e. The van der Waals surface area contributed by atoms with Crippen molar-refractivity contribution in [2.24, 2.45) is 0 Å². The molecule has 0 radical (unpaired) electrons. The second-order valence-electron chi connectivity index (χ2n) is 3.48. The van der Waals surface area contributed by atoms with Crippen LogP contribution in [0.3, 0.4) is 0 Å². The van der Waals surface area contributed by atoms with Crippen molar-refractivity contribution in [2.75, 3.05) is 5.32 Å². The predicted octanol–water partition coefficient (Wildman–Crippen LogP) is 2.74. The van der Waals surface area contributed by atoms with E-state index in [9.17, 15) is 4.79 Å². The molecule has 0 aromatic carbocycles. The minimum atomic E-state index is -0.371. The molecule has 0 aliphatic heterocycles. The van der Waals surface area contributed by atoms with Gasteiger partial charge >= 0.3 is 0 Å². The summed E-state index contributed by atoms with van der Waals surface area (Å²) in [4.78, 5) is 23.6. The average molecular weight is 283 g/mol. The molecule has 1 N–H and O–H groups in total. The first-order valence-electron chi connectivity index (χ1n) is 4.99. The van der Waals surface area contributed by atoms with E-state index in [-0.39, 0.29) is 22.2 Å². The normalized spacial score (nSPS) is 10.2. The maximum absolute atomic E-state index is 11.9. The fourth-order valence-corrected chi connectivity index (χ4v) is 1.72. The van der Waals surface area contributed by atoms with Crippen molar-refractivity contribution in [3.05, 3.63) is 46.0 Å². The van der Waals surface area contributed by atoms with Gasteiger partial charge in [0.2, 0.25) is 5.95 Å². The van der Waals surface area contributed by atoms with Crippen molar-refractivity contribution in [3.63, 3.8) is 0 Å². The van der Waals surface area contributed by atoms with E-state index in [2.05, 4.69) is 20.3 Å². The summed E-state index contributed by atoms with van der Waals surface area (Å²) in [6.45, 7) is 1.75. The molecule has 2 aromatic heterocycles. The highest BCUT2D eigenvalue weighted by molar-refractivity contribution is 6.30. The van der Waals surface area contributed by atoms with Crippen LogP contribution in [0, 0.1) is 6.92 Å². The fraction of sp³-hybridized carbons (Fsp3) is 0.0909. The van der Waals surface area contributed by atoms with E-state index in [1.54, 1.807) is 13.0 Å². The van der Waals surface area contributed by atoms with E-state index in [1.165, 1.54) is 18.3 Å². The van der Waals surface area contributed by atoms with Crippen molar-refractivity contribution < 1.29 is 4.79 Å². The topological polar surface area (TPSA) is 67.8 Å². The maximum atomic E-state index is 11.9. The molecule has 2 aromatic rings. The Morgan fingerprint density at radius 3 is 2.67 bits per heavy atom. The number of aromatic nitrogens is 3. The third-order valence-electron chi connectivity index (χ3n) is 2.03. The molecule has 18 heavy (non-hydrogen) atoms. The zero-order chi connectivity index (χ0) is 13.1. The number of aryl methyl sites for hydroxylation is 1. The highest BCUT2D eigenvalue weighted by Gasteiger charge is 2.10. The van der Waals surface area contributed by atoms with Gasteiger partial charge in [-0.3, -0.25) is 10.1 Å². The Kier molecular flexibility index (Phi) is 3.74. The molecule has 2 heterocycles. The van der Waals surface area contributed by atoms with Crippen LogP contribution in [0.1, 0.15) is 16.1 Å². The summed E-state index contributed by atoms with van der Waals surface area (Å²) >= 11 is 11.5. The zero-order valence-electron chi connectivity index (χ0n) is 9.32. The van der Waals surface area contributed by atoms with Gasteiger partial charge in [0.05, 0.1) is 0 Å². The summed E-state index contributed by atoms with van der Waals surface area (Å²) in [5.41, 5.74) is 1.04. The van der Waals surface area contributed by atoms with E-state index in [1.807, 2.05) is 0 Å². The van der Waals surface area contributed by atoms with E-state index >= 15 is 0 Å². The van der Waals surface area contributed by atoms with Gasteiger partial charge in [0.25, 0.3) is 5.91 Å². The van der Waals surface area contributed by atoms with Crippen molar-refractivity contribution in [1.29, 1.82) is 0 Å². The van der Waals surface area contributed by atoms with E-state index in [0.29, 0.717) is 11.3 Å². The van der Waals surface area contributed by atoms with E-state index in [4.69, 9.17) is 23.2 Å². The van der Waals surface area contributed by atoms with Crippen molar-refractivity contribution >= 4 is 35.1 Å². The molecule has 0 fully saturated rings. The molecule has 5 nitrogen and oxygen atoms in total. The number of hydrogen-bond acceptors (Lipinski definition) is 4. The minimum Gasteiger partial charge on any atom is -0.290 e. The number of anilines is 1. The number of carbonyl (C=O) groups excluding carboxylic acids is 1. The molecule has 2 rings (SSSR count). The van der Waals surface area contributed by atoms with Gasteiger partial charge in [-0.05, 0) is 25.1 Å². The quantitative estimate of drug-likeness (QED) is 0.679. The average Bonchev–Trinajstić information content (AvgIpc) is 2.27. The summed E-state index contributed by atoms with van der Waals surface area (Å²) in [6.07, 6.45) is 1.45. The third kappa shape index (κ3) is 3.15. The lowest BCUT2D eigenvalue weighted by molar-refractivity contribution is 0.102. The molecular weight excluding hydrogens is 275 g/mol. The molecule has 0 bridgehead atoms. The number of nitrogens with zero attached hydrogens (tertiary/aromatic N) is 3. The van der Waals surface area contributed by atoms with Gasteiger partial charge in [0.15, 0.2) is 0 Å². The summed E-state index contributed by atoms with van der Waals surface area (Å²) in [7, 11) is 0. The number of carbonyl (C=O) groups is 1. The van der Waals surface area contributed by atoms with Gasteiger partial charge in [-0.2, -0.15) is 0 Å². The van der Waals surface area contributed by atoms with Crippen LogP contribution in [0.25, 0.3) is 0 Å². The lowest BCUT2D eigenvalue weighted by Crippen LogP contribution is -2.14. The molecule has 92 valence electrons. The van der Waals surface area contributed by atoms with Crippen LogP contribution in [0.15, 0.2) is 24.4 Å². The lowest BCUT2D eigenvalue weighted by Gasteiger charge is -2.04. The van der Waals surface area contributed by atoms with Crippen LogP contribution in [0.2, 0.25) is 10.3 Å². The van der Waals surface area contributed by atoms with Gasteiger partial charge in [-0.25, -0.2) is 15.0 Å². The monoisotopic (exact) mass is 282 g/mol. The van der Waals surface area contributed by atoms with Crippen LogP contribution >= 0.6 is 23.2 Å². The van der Waals surface area contributed by atoms with Gasteiger partial charge in [0, 0.05) is 17.5 Å². The Hall–Kier alpha value is -1.72. The fourth-order valence-electron chi connectivity index (χ4n) is 1.33. The number of hydrogen-bond donors (Lipinski definition) is 1. The van der Waals surface area contributed by atoms with Crippen LogP contribution in [0.5, 0.6) is 0 Å². The first-order valence-corrected chi connectivity index (χ1v) is 5.74. The molecule has 0 saturated carbocycles. The zero-order valence-corrected chi connectivity index (χ0v) is 10.8. The van der Waals surface area contributed by atoms with Gasteiger partial charge in [-0.1, -0.05) is 23.2 Å². The number of amides is 1. The van der Waals surface area contributed by atoms with Crippen molar-refractivity contribution in [1.82, 2.24) is 15.0 Å². The van der Waals surface area contributed by atoms with Crippen molar-refractivity contribution in [2.45, 2.75) is 6.92 Å². The number of nitrogens with one attached hydrogen (secondary N) is 1. The van der Waals surface area contributed by atoms with E-state index in [0.717, 1.165) is 0 Å². The highest BCUT2D eigenvalue weighted by atomic mass is 35.5. The molecule has 0 unspecified atom stereocenters. The number of rotatable bonds is 2. The Balaban J connectivity index is 2.22. The van der Waals surface area contributed by atoms with Gasteiger partial charge < -0.3 is 0 Å². The molecule has 1 amide bonds. The maximum Gasteiger partial charge on any atom is 0.258 e. The van der Waals surface area contributed by atoms with Gasteiger partial charge in [-0.15, -0.1) is 0 Å². The minimum absolute atomic E-state index is 0.137. The summed E-state index contributed by atoms with van der Waals surface area (Å²) < 4.78 is 0. The lowest BCUT2D eigenvalue weighted by atomic mass is 10.2.